The molecule has 0 amide bonds. The minimum atomic E-state index is -1.92. The molecule has 1 aromatic carbocycles. The van der Waals surface area contributed by atoms with Gasteiger partial charge in [-0.15, -0.1) is 0 Å². The molecule has 1 atom stereocenters. The number of aromatic nitrogens is 4. The van der Waals surface area contributed by atoms with Gasteiger partial charge >= 0.3 is 0 Å². The van der Waals surface area contributed by atoms with E-state index in [4.69, 9.17) is 9.41 Å². The molecule has 0 fully saturated rings. The molecular weight excluding hydrogens is 454 g/mol. The van der Waals surface area contributed by atoms with Gasteiger partial charge in [-0.1, -0.05) is 27.7 Å². The lowest BCUT2D eigenvalue weighted by molar-refractivity contribution is 0.220. The number of hydrogen-bond donors (Lipinski definition) is 2. The molecule has 0 spiro atoms. The minimum absolute atomic E-state index is 0.134. The zero-order chi connectivity index (χ0) is 25.6. The highest BCUT2D eigenvalue weighted by atomic mass is 28.4. The summed E-state index contributed by atoms with van der Waals surface area (Å²) in [6.07, 6.45) is 3.49. The van der Waals surface area contributed by atoms with Crippen molar-refractivity contribution in [3.05, 3.63) is 47.4 Å². The first-order valence-corrected chi connectivity index (χ1v) is 14.8. The second kappa shape index (κ2) is 8.77. The van der Waals surface area contributed by atoms with Crippen LogP contribution in [0.2, 0.25) is 18.1 Å². The van der Waals surface area contributed by atoms with Crippen LogP contribution in [0.5, 0.6) is 0 Å². The van der Waals surface area contributed by atoms with E-state index in [0.717, 1.165) is 40.4 Å². The predicted molar refractivity (Wildman–Crippen MR) is 142 cm³/mol. The van der Waals surface area contributed by atoms with E-state index in [1.807, 2.05) is 26.1 Å². The van der Waals surface area contributed by atoms with Gasteiger partial charge in [0.05, 0.1) is 34.5 Å². The molecule has 0 saturated carbocycles. The van der Waals surface area contributed by atoms with Gasteiger partial charge in [0.15, 0.2) is 8.32 Å². The van der Waals surface area contributed by atoms with Gasteiger partial charge in [-0.05, 0) is 48.8 Å². The fraction of sp³-hybridized carbons (Fsp3) is 0.462. The van der Waals surface area contributed by atoms with Crippen molar-refractivity contribution >= 4 is 25.6 Å². The number of rotatable bonds is 6. The molecule has 0 aliphatic carbocycles. The summed E-state index contributed by atoms with van der Waals surface area (Å²) in [5.41, 5.74) is 5.86. The van der Waals surface area contributed by atoms with Crippen LogP contribution in [-0.4, -0.2) is 41.2 Å². The SMILES string of the molecule is Cc1c(Nc2nccc(-c3cc(C#N)c4c(c3)C(C)(CO[Si](C)(C)C(C)(C)C)CN4)n2)cnn1C. The molecule has 8 nitrogen and oxygen atoms in total. The molecule has 2 N–H and O–H groups in total. The summed E-state index contributed by atoms with van der Waals surface area (Å²) in [5.74, 6) is 0.486. The maximum atomic E-state index is 9.92. The molecule has 0 saturated heterocycles. The van der Waals surface area contributed by atoms with Crippen molar-refractivity contribution in [1.82, 2.24) is 19.7 Å². The molecule has 1 unspecified atom stereocenters. The summed E-state index contributed by atoms with van der Waals surface area (Å²) in [4.78, 5) is 9.12. The second-order valence-electron chi connectivity index (χ2n) is 11.2. The Balaban J connectivity index is 1.68. The van der Waals surface area contributed by atoms with Crippen LogP contribution in [0.1, 0.15) is 44.5 Å². The Morgan fingerprint density at radius 2 is 2.06 bits per heavy atom. The van der Waals surface area contributed by atoms with Crippen molar-refractivity contribution in [2.45, 2.75) is 58.2 Å². The number of fused-ring (bicyclic) bond motifs is 1. The van der Waals surface area contributed by atoms with Gasteiger partial charge in [0.1, 0.15) is 6.07 Å². The summed E-state index contributed by atoms with van der Waals surface area (Å²) in [6.45, 7) is 16.8. The Morgan fingerprint density at radius 1 is 1.31 bits per heavy atom. The summed E-state index contributed by atoms with van der Waals surface area (Å²) in [5, 5.41) is 21.1. The molecule has 1 aliphatic rings. The van der Waals surface area contributed by atoms with Crippen LogP contribution in [-0.2, 0) is 16.9 Å². The van der Waals surface area contributed by atoms with Crippen LogP contribution >= 0.6 is 0 Å². The van der Waals surface area contributed by atoms with Crippen molar-refractivity contribution in [2.24, 2.45) is 7.05 Å². The Kier molecular flexibility index (Phi) is 6.24. The first-order chi connectivity index (χ1) is 16.3. The first-order valence-electron chi connectivity index (χ1n) is 11.9. The monoisotopic (exact) mass is 489 g/mol. The largest absolute Gasteiger partial charge is 0.416 e. The third-order valence-electron chi connectivity index (χ3n) is 7.56. The number of nitrogens with one attached hydrogen (secondary N) is 2. The maximum Gasteiger partial charge on any atom is 0.227 e. The molecule has 4 rings (SSSR count). The summed E-state index contributed by atoms with van der Waals surface area (Å²) < 4.78 is 8.43. The lowest BCUT2D eigenvalue weighted by Gasteiger charge is -2.39. The van der Waals surface area contributed by atoms with Crippen LogP contribution in [0, 0.1) is 18.3 Å². The van der Waals surface area contributed by atoms with Gasteiger partial charge in [0, 0.05) is 37.4 Å². The standard InChI is InChI=1S/C26H35N7OSi/c1-17-22(14-30-33(17)6)32-24-28-10-9-21(31-24)18-11-19(13-27)23-20(12-18)26(5,15-29-23)16-34-35(7,8)25(2,3)4/h9-12,14,29H,15-16H2,1-8H3,(H,28,31,32). The van der Waals surface area contributed by atoms with E-state index in [2.05, 4.69) is 73.6 Å². The van der Waals surface area contributed by atoms with E-state index in [1.165, 1.54) is 0 Å². The Hall–Kier alpha value is -3.22. The minimum Gasteiger partial charge on any atom is -0.416 e. The summed E-state index contributed by atoms with van der Waals surface area (Å²) in [6, 6.07) is 8.28. The quantitative estimate of drug-likeness (QED) is 0.441. The van der Waals surface area contributed by atoms with Crippen LogP contribution in [0.15, 0.2) is 30.6 Å². The molecule has 2 aromatic heterocycles. The maximum absolute atomic E-state index is 9.92. The van der Waals surface area contributed by atoms with E-state index >= 15 is 0 Å². The van der Waals surface area contributed by atoms with Gasteiger partial charge in [-0.25, -0.2) is 9.97 Å². The number of hydrogen-bond acceptors (Lipinski definition) is 7. The van der Waals surface area contributed by atoms with Crippen molar-refractivity contribution in [3.8, 4) is 17.3 Å². The fourth-order valence-electron chi connectivity index (χ4n) is 3.93. The molecule has 184 valence electrons. The molecule has 9 heteroatoms. The van der Waals surface area contributed by atoms with Gasteiger partial charge in [-0.2, -0.15) is 10.4 Å². The van der Waals surface area contributed by atoms with Crippen molar-refractivity contribution in [1.29, 1.82) is 5.26 Å². The van der Waals surface area contributed by atoms with Gasteiger partial charge in [-0.3, -0.25) is 4.68 Å². The van der Waals surface area contributed by atoms with Crippen LogP contribution in [0.25, 0.3) is 11.3 Å². The molecule has 3 heterocycles. The van der Waals surface area contributed by atoms with E-state index in [9.17, 15) is 5.26 Å². The number of aryl methyl sites for hydroxylation is 1. The normalized spacial score (nSPS) is 17.6. The van der Waals surface area contributed by atoms with Crippen molar-refractivity contribution in [2.75, 3.05) is 23.8 Å². The molecule has 0 radical (unpaired) electrons. The molecule has 35 heavy (non-hydrogen) atoms. The third kappa shape index (κ3) is 4.68. The molecular formula is C26H35N7OSi. The lowest BCUT2D eigenvalue weighted by atomic mass is 9.83. The first kappa shape index (κ1) is 24.9. The molecule has 1 aliphatic heterocycles. The van der Waals surface area contributed by atoms with E-state index in [-0.39, 0.29) is 10.5 Å². The average molecular weight is 490 g/mol. The van der Waals surface area contributed by atoms with Crippen molar-refractivity contribution in [3.63, 3.8) is 0 Å². The van der Waals surface area contributed by atoms with E-state index in [0.29, 0.717) is 18.1 Å². The Morgan fingerprint density at radius 3 is 2.69 bits per heavy atom. The van der Waals surface area contributed by atoms with Crippen molar-refractivity contribution < 1.29 is 4.43 Å². The highest BCUT2D eigenvalue weighted by Crippen LogP contribution is 2.44. The van der Waals surface area contributed by atoms with E-state index < -0.39 is 8.32 Å². The van der Waals surface area contributed by atoms with Gasteiger partial charge in [0.25, 0.3) is 0 Å². The highest BCUT2D eigenvalue weighted by Gasteiger charge is 2.42. The van der Waals surface area contributed by atoms with Crippen LogP contribution < -0.4 is 10.6 Å². The molecule has 0 bridgehead atoms. The fourth-order valence-corrected chi connectivity index (χ4v) is 5.04. The number of nitrogens with zero attached hydrogens (tertiary/aromatic N) is 5. The smallest absolute Gasteiger partial charge is 0.227 e. The number of nitriles is 1. The second-order valence-corrected chi connectivity index (χ2v) is 16.0. The summed E-state index contributed by atoms with van der Waals surface area (Å²) in [7, 11) is -0.0218. The number of benzene rings is 1. The highest BCUT2D eigenvalue weighted by molar-refractivity contribution is 6.74. The zero-order valence-corrected chi connectivity index (χ0v) is 22.9. The summed E-state index contributed by atoms with van der Waals surface area (Å²) >= 11 is 0. The number of anilines is 3. The topological polar surface area (TPSA) is 101 Å². The Bertz CT molecular complexity index is 1300. The predicted octanol–water partition coefficient (Wildman–Crippen LogP) is 5.51. The van der Waals surface area contributed by atoms with E-state index in [1.54, 1.807) is 17.1 Å². The lowest BCUT2D eigenvalue weighted by Crippen LogP contribution is -2.45. The van der Waals surface area contributed by atoms with Crippen LogP contribution in [0.3, 0.4) is 0 Å². The Labute approximate surface area is 208 Å². The zero-order valence-electron chi connectivity index (χ0n) is 21.9. The van der Waals surface area contributed by atoms with Gasteiger partial charge in [0.2, 0.25) is 5.95 Å². The third-order valence-corrected chi connectivity index (χ3v) is 12.0. The average Bonchev–Trinajstić information content (AvgIpc) is 3.31. The molecule has 3 aromatic rings. The van der Waals surface area contributed by atoms with Crippen LogP contribution in [0.4, 0.5) is 17.3 Å². The van der Waals surface area contributed by atoms with Gasteiger partial charge < -0.3 is 15.1 Å².